The van der Waals surface area contributed by atoms with Gasteiger partial charge in [-0.3, -0.25) is 0 Å². The second kappa shape index (κ2) is 15.6. The number of nitrogens with one attached hydrogen (secondary N) is 2. The molecule has 0 aliphatic heterocycles. The molecule has 0 unspecified atom stereocenters. The Morgan fingerprint density at radius 1 is 0.350 bits per heavy atom. The van der Waals surface area contributed by atoms with Crippen molar-refractivity contribution in [3.05, 3.63) is 157 Å². The highest BCUT2D eigenvalue weighted by atomic mass is 31.1. The fourth-order valence-corrected chi connectivity index (χ4v) is 9.50. The van der Waals surface area contributed by atoms with E-state index in [0.29, 0.717) is 0 Å². The Labute approximate surface area is 242 Å². The monoisotopic (exact) mass is 560 g/mol. The zero-order chi connectivity index (χ0) is 27.2. The van der Waals surface area contributed by atoms with Gasteiger partial charge in [0.05, 0.1) is 0 Å². The van der Waals surface area contributed by atoms with Crippen LogP contribution >= 0.6 is 15.8 Å². The maximum Gasteiger partial charge on any atom is 0.0208 e. The zero-order valence-electron chi connectivity index (χ0n) is 23.0. The summed E-state index contributed by atoms with van der Waals surface area (Å²) in [6.45, 7) is 3.78. The summed E-state index contributed by atoms with van der Waals surface area (Å²) in [7, 11) is -0.737. The van der Waals surface area contributed by atoms with Gasteiger partial charge in [-0.25, -0.2) is 0 Å². The van der Waals surface area contributed by atoms with Crippen LogP contribution in [0.4, 0.5) is 0 Å². The smallest absolute Gasteiger partial charge is 0.0208 e. The molecule has 202 valence electrons. The van der Waals surface area contributed by atoms with E-state index in [1.807, 2.05) is 0 Å². The third-order valence-electron chi connectivity index (χ3n) is 7.05. The third kappa shape index (κ3) is 8.20. The number of hydrogen-bond acceptors (Lipinski definition) is 2. The Morgan fingerprint density at radius 2 is 0.625 bits per heavy atom. The van der Waals surface area contributed by atoms with Crippen LogP contribution in [-0.2, 0) is 13.1 Å². The highest BCUT2D eigenvalue weighted by Crippen LogP contribution is 2.33. The van der Waals surface area contributed by atoms with Crippen molar-refractivity contribution in [1.29, 1.82) is 0 Å². The van der Waals surface area contributed by atoms with Crippen LogP contribution in [0.15, 0.2) is 146 Å². The standard InChI is InChI=1S/C36H38N2P2/c1-5-17-33(18-6-1)39(34-19-7-2-8-20-34)27-25-37-29-31-15-13-14-16-32(31)30-38-26-28-40(35-21-9-3-10-22-35)36-23-11-4-12-24-36/h1-24,37-38H,25-30H2. The van der Waals surface area contributed by atoms with E-state index in [9.17, 15) is 0 Å². The van der Waals surface area contributed by atoms with Gasteiger partial charge in [0.1, 0.15) is 0 Å². The Bertz CT molecular complexity index is 1210. The lowest BCUT2D eigenvalue weighted by atomic mass is 10.1. The van der Waals surface area contributed by atoms with E-state index in [4.69, 9.17) is 0 Å². The maximum atomic E-state index is 3.76. The minimum absolute atomic E-state index is 0.369. The summed E-state index contributed by atoms with van der Waals surface area (Å²) >= 11 is 0. The molecule has 40 heavy (non-hydrogen) atoms. The molecule has 0 aliphatic carbocycles. The van der Waals surface area contributed by atoms with Crippen molar-refractivity contribution in [3.8, 4) is 0 Å². The zero-order valence-corrected chi connectivity index (χ0v) is 24.8. The average molecular weight is 561 g/mol. The first kappa shape index (κ1) is 28.4. The van der Waals surface area contributed by atoms with Crippen molar-refractivity contribution >= 4 is 37.1 Å². The Balaban J connectivity index is 1.14. The van der Waals surface area contributed by atoms with E-state index in [-0.39, 0.29) is 15.8 Å². The van der Waals surface area contributed by atoms with Crippen LogP contribution < -0.4 is 31.9 Å². The van der Waals surface area contributed by atoms with E-state index < -0.39 is 0 Å². The SMILES string of the molecule is c1ccc(P(CCNCc2ccccc2CNCCP(c2ccccc2)c2ccccc2)c2ccccc2)cc1. The van der Waals surface area contributed by atoms with Gasteiger partial charge >= 0.3 is 0 Å². The van der Waals surface area contributed by atoms with Crippen molar-refractivity contribution < 1.29 is 0 Å². The molecule has 0 spiro atoms. The van der Waals surface area contributed by atoms with Gasteiger partial charge in [-0.05, 0) is 73.6 Å². The van der Waals surface area contributed by atoms with Gasteiger partial charge in [0.15, 0.2) is 0 Å². The summed E-state index contributed by atoms with van der Waals surface area (Å²) in [6.07, 6.45) is 2.26. The molecule has 0 amide bonds. The Hall–Kier alpha value is -3.12. The molecule has 0 saturated carbocycles. The molecule has 5 aromatic rings. The normalized spacial score (nSPS) is 11.2. The van der Waals surface area contributed by atoms with Gasteiger partial charge < -0.3 is 10.6 Å². The third-order valence-corrected chi connectivity index (χ3v) is 12.1. The Morgan fingerprint density at radius 3 is 0.925 bits per heavy atom. The highest BCUT2D eigenvalue weighted by Gasteiger charge is 2.14. The molecule has 0 saturated heterocycles. The highest BCUT2D eigenvalue weighted by molar-refractivity contribution is 7.73. The molecule has 5 rings (SSSR count). The molecule has 0 bridgehead atoms. The van der Waals surface area contributed by atoms with Gasteiger partial charge in [0.2, 0.25) is 0 Å². The molecular formula is C36H38N2P2. The van der Waals surface area contributed by atoms with Gasteiger partial charge in [-0.15, -0.1) is 0 Å². The van der Waals surface area contributed by atoms with Gasteiger partial charge in [0, 0.05) is 13.1 Å². The van der Waals surface area contributed by atoms with Crippen LogP contribution in [-0.4, -0.2) is 25.4 Å². The first-order chi connectivity index (χ1) is 19.9. The van der Waals surface area contributed by atoms with Crippen molar-refractivity contribution in [2.75, 3.05) is 25.4 Å². The quantitative estimate of drug-likeness (QED) is 0.126. The molecule has 0 radical (unpaired) electrons. The van der Waals surface area contributed by atoms with Crippen LogP contribution in [0, 0.1) is 0 Å². The van der Waals surface area contributed by atoms with Crippen molar-refractivity contribution in [3.63, 3.8) is 0 Å². The summed E-state index contributed by atoms with van der Waals surface area (Å²) < 4.78 is 0. The predicted molar refractivity (Wildman–Crippen MR) is 178 cm³/mol. The lowest BCUT2D eigenvalue weighted by Gasteiger charge is -2.20. The van der Waals surface area contributed by atoms with Crippen LogP contribution in [0.1, 0.15) is 11.1 Å². The molecule has 4 heteroatoms. The molecule has 0 heterocycles. The minimum atomic E-state index is -0.369. The average Bonchev–Trinajstić information content (AvgIpc) is 3.03. The second-order valence-electron chi connectivity index (χ2n) is 9.77. The van der Waals surface area contributed by atoms with Crippen molar-refractivity contribution in [2.45, 2.75) is 13.1 Å². The fraction of sp³-hybridized carbons (Fsp3) is 0.167. The largest absolute Gasteiger partial charge is 0.312 e. The summed E-state index contributed by atoms with van der Waals surface area (Å²) in [5.41, 5.74) is 2.76. The van der Waals surface area contributed by atoms with Gasteiger partial charge in [0.25, 0.3) is 0 Å². The lowest BCUT2D eigenvalue weighted by molar-refractivity contribution is 0.693. The molecule has 2 nitrogen and oxygen atoms in total. The first-order valence-corrected chi connectivity index (χ1v) is 17.2. The molecule has 0 atom stereocenters. The minimum Gasteiger partial charge on any atom is -0.312 e. The summed E-state index contributed by atoms with van der Waals surface area (Å²) in [5, 5.41) is 13.3. The number of rotatable bonds is 14. The van der Waals surface area contributed by atoms with E-state index in [1.54, 1.807) is 0 Å². The Kier molecular flexibility index (Phi) is 11.1. The molecule has 0 fully saturated rings. The van der Waals surface area contributed by atoms with E-state index in [0.717, 1.165) is 38.5 Å². The summed E-state index contributed by atoms with van der Waals surface area (Å²) in [5.74, 6) is 0. The van der Waals surface area contributed by atoms with Crippen molar-refractivity contribution in [1.82, 2.24) is 10.6 Å². The van der Waals surface area contributed by atoms with Gasteiger partial charge in [-0.1, -0.05) is 146 Å². The van der Waals surface area contributed by atoms with E-state index in [1.165, 1.54) is 32.3 Å². The molecular weight excluding hydrogens is 522 g/mol. The van der Waals surface area contributed by atoms with Crippen LogP contribution in [0.2, 0.25) is 0 Å². The van der Waals surface area contributed by atoms with Gasteiger partial charge in [-0.2, -0.15) is 0 Å². The summed E-state index contributed by atoms with van der Waals surface area (Å²) in [6, 6.07) is 52.8. The lowest BCUT2D eigenvalue weighted by Crippen LogP contribution is -2.25. The van der Waals surface area contributed by atoms with E-state index >= 15 is 0 Å². The van der Waals surface area contributed by atoms with Crippen LogP contribution in [0.5, 0.6) is 0 Å². The molecule has 0 aliphatic rings. The first-order valence-electron chi connectivity index (χ1n) is 14.1. The van der Waals surface area contributed by atoms with E-state index in [2.05, 4.69) is 156 Å². The van der Waals surface area contributed by atoms with Crippen LogP contribution in [0.25, 0.3) is 0 Å². The molecule has 2 N–H and O–H groups in total. The number of benzene rings is 5. The molecule has 0 aromatic heterocycles. The number of hydrogen-bond donors (Lipinski definition) is 2. The summed E-state index contributed by atoms with van der Waals surface area (Å²) in [4.78, 5) is 0. The predicted octanol–water partition coefficient (Wildman–Crippen LogP) is 6.13. The maximum absolute atomic E-state index is 3.76. The second-order valence-corrected chi connectivity index (χ2v) is 14.4. The topological polar surface area (TPSA) is 24.1 Å². The van der Waals surface area contributed by atoms with Crippen LogP contribution in [0.3, 0.4) is 0 Å². The molecule has 5 aromatic carbocycles. The fourth-order valence-electron chi connectivity index (χ4n) is 4.98. The van der Waals surface area contributed by atoms with Crippen molar-refractivity contribution in [2.24, 2.45) is 0 Å².